The Labute approximate surface area is 397 Å². The van der Waals surface area contributed by atoms with Crippen molar-refractivity contribution < 1.29 is 23.4 Å². The smallest absolute Gasteiger partial charge is 0.347 e. The van der Waals surface area contributed by atoms with Gasteiger partial charge in [0, 0.05) is 38.6 Å². The number of nitrogens with zero attached hydrogens (tertiary/aromatic N) is 2. The fraction of sp³-hybridized carbons (Fsp3) is 0.136. The molecule has 10 heteroatoms. The fourth-order valence-electron chi connectivity index (χ4n) is 9.51. The van der Waals surface area contributed by atoms with Crippen molar-refractivity contribution in [1.29, 1.82) is 0 Å². The Morgan fingerprint density at radius 2 is 0.884 bits per heavy atom. The summed E-state index contributed by atoms with van der Waals surface area (Å²) in [6.07, 6.45) is 4.13. The van der Waals surface area contributed by atoms with Crippen LogP contribution in [0.2, 0.25) is 0 Å². The highest BCUT2D eigenvalue weighted by atomic mass is 16.5. The highest BCUT2D eigenvalue weighted by molar-refractivity contribution is 6.26. The summed E-state index contributed by atoms with van der Waals surface area (Å²) in [5.41, 5.74) is 11.2. The average Bonchev–Trinajstić information content (AvgIpc) is 4.17. The van der Waals surface area contributed by atoms with E-state index in [-0.39, 0.29) is 5.71 Å². The summed E-state index contributed by atoms with van der Waals surface area (Å²) in [7, 11) is 0. The molecule has 11 rings (SSSR count). The Hall–Kier alpha value is -8.63. The number of hydrogen-bond donors (Lipinski definition) is 2. The van der Waals surface area contributed by atoms with Crippen molar-refractivity contribution in [2.45, 2.75) is 27.7 Å². The fourth-order valence-corrected chi connectivity index (χ4v) is 9.51. The van der Waals surface area contributed by atoms with E-state index >= 15 is 4.79 Å². The number of H-pyrrole nitrogens is 2. The molecule has 10 nitrogen and oxygen atoms in total. The van der Waals surface area contributed by atoms with Gasteiger partial charge in [0.2, 0.25) is 5.71 Å². The second kappa shape index (κ2) is 18.2. The third kappa shape index (κ3) is 7.89. The van der Waals surface area contributed by atoms with Gasteiger partial charge in [-0.05, 0) is 152 Å². The van der Waals surface area contributed by atoms with E-state index in [1.54, 1.807) is 0 Å². The highest BCUT2D eigenvalue weighted by Crippen LogP contribution is 2.43. The molecule has 2 N–H and O–H groups in total. The molecular weight excluding hydrogens is 861 g/mol. The Bertz CT molecular complexity index is 3780. The summed E-state index contributed by atoms with van der Waals surface area (Å²) in [4.78, 5) is 33.8. The molecule has 5 heterocycles. The van der Waals surface area contributed by atoms with Crippen LogP contribution in [0.15, 0.2) is 155 Å². The van der Waals surface area contributed by atoms with Gasteiger partial charge in [-0.25, -0.2) is 14.8 Å². The molecule has 69 heavy (non-hydrogen) atoms. The predicted octanol–water partition coefficient (Wildman–Crippen LogP) is 14.3. The molecule has 0 amide bonds. The molecule has 8 bridgehead atoms. The van der Waals surface area contributed by atoms with Crippen molar-refractivity contribution in [2.75, 3.05) is 26.4 Å². The molecule has 0 radical (unpaired) electrons. The van der Waals surface area contributed by atoms with E-state index in [2.05, 4.69) is 64.6 Å². The van der Waals surface area contributed by atoms with Crippen LogP contribution in [0.3, 0.4) is 0 Å². The number of benzene rings is 6. The minimum absolute atomic E-state index is 0.146. The van der Waals surface area contributed by atoms with Crippen molar-refractivity contribution in [2.24, 2.45) is 0 Å². The number of rotatable bonds is 12. The number of nitrogens with one attached hydrogen (secondary N) is 2. The monoisotopic (exact) mass is 908 g/mol. The van der Waals surface area contributed by atoms with E-state index in [1.807, 2.05) is 131 Å². The van der Waals surface area contributed by atoms with Crippen LogP contribution < -0.4 is 24.6 Å². The SMILES string of the molecule is CCOc1ccc(-c2c3nc(c(-c4ccc(OCC)cc4)c4ccc([nH]4)c4c5ccc(OCC)cc5c(-c5ccccc5)c5c(=O)oc(nc54)c(-c4ccc(OCC)cc4)c4ccc2[nH]4)C=C3)cc1. The molecule has 6 aromatic carbocycles. The van der Waals surface area contributed by atoms with E-state index in [1.165, 1.54) is 0 Å². The summed E-state index contributed by atoms with van der Waals surface area (Å²) < 4.78 is 30.3. The lowest BCUT2D eigenvalue weighted by atomic mass is 9.92. The van der Waals surface area contributed by atoms with Crippen LogP contribution in [0.4, 0.5) is 0 Å². The number of aromatic nitrogens is 4. The van der Waals surface area contributed by atoms with Crippen LogP contribution in [0.25, 0.3) is 112 Å². The minimum Gasteiger partial charge on any atom is -0.494 e. The van der Waals surface area contributed by atoms with Crippen molar-refractivity contribution in [3.63, 3.8) is 0 Å². The van der Waals surface area contributed by atoms with E-state index in [4.69, 9.17) is 33.3 Å². The van der Waals surface area contributed by atoms with Gasteiger partial charge in [0.1, 0.15) is 23.0 Å². The predicted molar refractivity (Wildman–Crippen MR) is 279 cm³/mol. The van der Waals surface area contributed by atoms with Crippen LogP contribution in [-0.4, -0.2) is 46.4 Å². The molecule has 0 aliphatic carbocycles. The van der Waals surface area contributed by atoms with Gasteiger partial charge < -0.3 is 33.3 Å². The third-order valence-electron chi connectivity index (χ3n) is 12.4. The normalized spacial score (nSPS) is 11.7. The zero-order valence-corrected chi connectivity index (χ0v) is 38.7. The topological polar surface area (TPSA) is 124 Å². The zero-order chi connectivity index (χ0) is 47.0. The van der Waals surface area contributed by atoms with Gasteiger partial charge in [0.05, 0.1) is 59.8 Å². The van der Waals surface area contributed by atoms with Gasteiger partial charge in [-0.3, -0.25) is 0 Å². The first-order chi connectivity index (χ1) is 33.9. The molecule has 4 aromatic heterocycles. The molecule has 0 spiro atoms. The number of fused-ring (bicyclic) bond motifs is 10. The molecule has 10 aromatic rings. The quantitative estimate of drug-likeness (QED) is 0.116. The largest absolute Gasteiger partial charge is 0.494 e. The zero-order valence-electron chi connectivity index (χ0n) is 38.7. The van der Waals surface area contributed by atoms with Crippen molar-refractivity contribution in [1.82, 2.24) is 19.9 Å². The summed E-state index contributed by atoms with van der Waals surface area (Å²) in [5.74, 6) is 2.95. The van der Waals surface area contributed by atoms with Crippen LogP contribution in [0, 0.1) is 0 Å². The first-order valence-corrected chi connectivity index (χ1v) is 23.4. The maximum Gasteiger partial charge on any atom is 0.347 e. The van der Waals surface area contributed by atoms with Crippen molar-refractivity contribution >= 4 is 67.0 Å². The minimum atomic E-state index is -0.530. The van der Waals surface area contributed by atoms with Crippen molar-refractivity contribution in [3.05, 3.63) is 167 Å². The second-order valence-electron chi connectivity index (χ2n) is 16.6. The van der Waals surface area contributed by atoms with Crippen LogP contribution in [0.1, 0.15) is 39.1 Å². The summed E-state index contributed by atoms with van der Waals surface area (Å²) in [5, 5.41) is 2.78. The van der Waals surface area contributed by atoms with Crippen LogP contribution >= 0.6 is 0 Å². The maximum absolute atomic E-state index is 15.3. The Morgan fingerprint density at radius 3 is 1.42 bits per heavy atom. The second-order valence-corrected chi connectivity index (χ2v) is 16.6. The lowest BCUT2D eigenvalue weighted by Crippen LogP contribution is -2.05. The van der Waals surface area contributed by atoms with E-state index in [0.717, 1.165) is 94.7 Å². The lowest BCUT2D eigenvalue weighted by molar-refractivity contribution is 0.340. The van der Waals surface area contributed by atoms with E-state index < -0.39 is 5.63 Å². The van der Waals surface area contributed by atoms with Gasteiger partial charge in [0.15, 0.2) is 0 Å². The molecular formula is C59H48N4O6. The number of hydrogen-bond acceptors (Lipinski definition) is 8. The van der Waals surface area contributed by atoms with Gasteiger partial charge in [-0.1, -0.05) is 66.7 Å². The molecule has 340 valence electrons. The molecule has 0 saturated carbocycles. The maximum atomic E-state index is 15.3. The van der Waals surface area contributed by atoms with Gasteiger partial charge >= 0.3 is 5.63 Å². The van der Waals surface area contributed by atoms with E-state index in [9.17, 15) is 0 Å². The van der Waals surface area contributed by atoms with Crippen molar-refractivity contribution in [3.8, 4) is 67.5 Å². The summed E-state index contributed by atoms with van der Waals surface area (Å²) in [6, 6.07) is 48.1. The molecule has 0 unspecified atom stereocenters. The number of aromatic amines is 2. The molecule has 0 saturated heterocycles. The van der Waals surface area contributed by atoms with Gasteiger partial charge in [-0.2, -0.15) is 0 Å². The molecule has 0 atom stereocenters. The first kappa shape index (κ1) is 43.0. The standard InChI is InChI=1S/C59H48N4O6/c1-5-65-39-20-14-36(15-21-39)52-45-28-29-46(60-45)53(37-16-22-40(23-17-37)66-6-2)48-31-33-50(62-48)55-43-27-26-42(68-8-4)34-44(43)51(35-12-10-9-11-13-35)56-57(55)63-58(69-59(56)64)54(49-32-30-47(52)61-49)38-18-24-41(25-19-38)67-7-3/h9-34,61-62H,5-8H2,1-4H3. The van der Waals surface area contributed by atoms with E-state index in [0.29, 0.717) is 59.7 Å². The lowest BCUT2D eigenvalue weighted by Gasteiger charge is -2.15. The summed E-state index contributed by atoms with van der Waals surface area (Å²) >= 11 is 0. The van der Waals surface area contributed by atoms with Gasteiger partial charge in [0.25, 0.3) is 0 Å². The molecule has 0 fully saturated rings. The Balaban J connectivity index is 1.36. The van der Waals surface area contributed by atoms with Crippen LogP contribution in [-0.2, 0) is 0 Å². The third-order valence-corrected chi connectivity index (χ3v) is 12.4. The van der Waals surface area contributed by atoms with Crippen LogP contribution in [0.5, 0.6) is 23.0 Å². The Morgan fingerprint density at radius 1 is 0.435 bits per heavy atom. The van der Waals surface area contributed by atoms with Gasteiger partial charge in [-0.15, -0.1) is 0 Å². The summed E-state index contributed by atoms with van der Waals surface area (Å²) in [6.45, 7) is 9.97. The molecule has 1 aliphatic heterocycles. The number of ether oxygens (including phenoxy) is 4. The highest BCUT2D eigenvalue weighted by Gasteiger charge is 2.23. The molecule has 1 aliphatic rings. The Kier molecular flexibility index (Phi) is 11.3. The first-order valence-electron chi connectivity index (χ1n) is 23.4. The average molecular weight is 909 g/mol.